The lowest BCUT2D eigenvalue weighted by Gasteiger charge is -2.43. The van der Waals surface area contributed by atoms with Gasteiger partial charge in [-0.05, 0) is 61.6 Å². The minimum absolute atomic E-state index is 0.134. The third kappa shape index (κ3) is 5.93. The van der Waals surface area contributed by atoms with Gasteiger partial charge in [-0.1, -0.05) is 6.07 Å². The van der Waals surface area contributed by atoms with Crippen LogP contribution in [0.5, 0.6) is 11.5 Å². The van der Waals surface area contributed by atoms with E-state index in [2.05, 4.69) is 20.1 Å². The summed E-state index contributed by atoms with van der Waals surface area (Å²) in [5, 5.41) is 3.59. The van der Waals surface area contributed by atoms with E-state index >= 15 is 8.78 Å². The number of hydrogen-bond acceptors (Lipinski definition) is 10. The smallest absolute Gasteiger partial charge is 0.329 e. The van der Waals surface area contributed by atoms with Gasteiger partial charge in [-0.3, -0.25) is 33.7 Å². The van der Waals surface area contributed by atoms with Gasteiger partial charge in [0, 0.05) is 83.1 Å². The monoisotopic (exact) mass is 796 g/mol. The quantitative estimate of drug-likeness (QED) is 0.228. The molecule has 0 bridgehead atoms. The van der Waals surface area contributed by atoms with E-state index in [0.29, 0.717) is 46.6 Å². The van der Waals surface area contributed by atoms with Crippen LogP contribution in [0.4, 0.5) is 20.3 Å². The van der Waals surface area contributed by atoms with Crippen LogP contribution in [0.1, 0.15) is 43.7 Å². The first-order chi connectivity index (χ1) is 27.8. The zero-order chi connectivity index (χ0) is 40.7. The number of carbonyl (C=O) groups is 2. The lowest BCUT2D eigenvalue weighted by molar-refractivity contribution is -0.135. The number of rotatable bonds is 8. The van der Waals surface area contributed by atoms with Crippen molar-refractivity contribution in [2.24, 2.45) is 19.5 Å². The van der Waals surface area contributed by atoms with Crippen molar-refractivity contribution in [2.45, 2.75) is 50.6 Å². The van der Waals surface area contributed by atoms with Crippen LogP contribution in [0.2, 0.25) is 0 Å². The molecule has 9 rings (SSSR count). The molecule has 0 radical (unpaired) electrons. The number of carbonyl (C=O) groups excluding carboxylic acids is 2. The summed E-state index contributed by atoms with van der Waals surface area (Å²) in [4.78, 5) is 61.9. The third-order valence-corrected chi connectivity index (χ3v) is 12.9. The Morgan fingerprint density at radius 1 is 0.914 bits per heavy atom. The van der Waals surface area contributed by atoms with E-state index in [9.17, 15) is 19.2 Å². The van der Waals surface area contributed by atoms with E-state index in [1.54, 1.807) is 51.7 Å². The molecule has 58 heavy (non-hydrogen) atoms. The number of ether oxygens (including phenoxy) is 2. The van der Waals surface area contributed by atoms with Crippen LogP contribution < -0.4 is 35.8 Å². The van der Waals surface area contributed by atoms with Crippen molar-refractivity contribution in [2.75, 3.05) is 63.3 Å². The van der Waals surface area contributed by atoms with Crippen LogP contribution in [-0.4, -0.2) is 94.8 Å². The molecule has 14 nitrogen and oxygen atoms in total. The van der Waals surface area contributed by atoms with E-state index in [1.165, 1.54) is 13.7 Å². The maximum absolute atomic E-state index is 16.3. The summed E-state index contributed by atoms with van der Waals surface area (Å²) in [7, 11) is 6.46. The number of fused-ring (bicyclic) bond motifs is 2. The molecule has 5 aromatic rings. The predicted octanol–water partition coefficient (Wildman–Crippen LogP) is 4.20. The molecular formula is C42H46F2N8O6. The van der Waals surface area contributed by atoms with Gasteiger partial charge in [0.2, 0.25) is 11.8 Å². The number of pyridine rings is 2. The normalized spacial score (nSPS) is 20.6. The van der Waals surface area contributed by atoms with Crippen molar-refractivity contribution in [1.29, 1.82) is 0 Å². The fourth-order valence-corrected chi connectivity index (χ4v) is 9.58. The van der Waals surface area contributed by atoms with Gasteiger partial charge in [0.05, 0.1) is 53.8 Å². The van der Waals surface area contributed by atoms with E-state index in [-0.39, 0.29) is 55.9 Å². The highest BCUT2D eigenvalue weighted by Gasteiger charge is 2.60. The SMILES string of the molecule is COc1cc(-c2cn(C)c(=O)c3cnc(N4CCC4)cc23)cc(OC)c1CN1CC(F)(F)C2(CCN(c3cccc4c3n(C)c(=O)n4C3CCC(=O)NC3=O)CC2)C1. The molecule has 7 heterocycles. The number of piperidine rings is 2. The number of alkyl halides is 2. The summed E-state index contributed by atoms with van der Waals surface area (Å²) in [6.07, 6.45) is 5.34. The first-order valence-corrected chi connectivity index (χ1v) is 19.7. The topological polar surface area (TPSA) is 136 Å². The van der Waals surface area contributed by atoms with Crippen molar-refractivity contribution in [3.63, 3.8) is 0 Å². The highest BCUT2D eigenvalue weighted by atomic mass is 19.3. The predicted molar refractivity (Wildman–Crippen MR) is 215 cm³/mol. The molecule has 4 saturated heterocycles. The zero-order valence-electron chi connectivity index (χ0n) is 33.0. The van der Waals surface area contributed by atoms with Crippen molar-refractivity contribution < 1.29 is 27.8 Å². The first-order valence-electron chi connectivity index (χ1n) is 19.7. The maximum atomic E-state index is 16.3. The van der Waals surface area contributed by atoms with Gasteiger partial charge in [0.25, 0.3) is 11.5 Å². The molecule has 1 spiro atoms. The Morgan fingerprint density at radius 3 is 2.29 bits per heavy atom. The van der Waals surface area contributed by atoms with Crippen LogP contribution in [0.15, 0.2) is 58.4 Å². The van der Waals surface area contributed by atoms with Crippen LogP contribution >= 0.6 is 0 Å². The summed E-state index contributed by atoms with van der Waals surface area (Å²) >= 11 is 0. The number of amides is 2. The zero-order valence-corrected chi connectivity index (χ0v) is 33.0. The van der Waals surface area contributed by atoms with Crippen LogP contribution in [0.3, 0.4) is 0 Å². The number of nitrogens with zero attached hydrogens (tertiary/aromatic N) is 7. The van der Waals surface area contributed by atoms with E-state index < -0.39 is 29.8 Å². The Bertz CT molecular complexity index is 2600. The average Bonchev–Trinajstić information content (AvgIpc) is 3.58. The second kappa shape index (κ2) is 14.0. The van der Waals surface area contributed by atoms with Gasteiger partial charge in [0.1, 0.15) is 23.4 Å². The van der Waals surface area contributed by atoms with Gasteiger partial charge < -0.3 is 23.8 Å². The Balaban J connectivity index is 0.975. The summed E-state index contributed by atoms with van der Waals surface area (Å²) in [6.45, 7) is 2.46. The molecule has 1 atom stereocenters. The second-order valence-electron chi connectivity index (χ2n) is 16.2. The van der Waals surface area contributed by atoms with Gasteiger partial charge >= 0.3 is 5.69 Å². The molecule has 2 amide bonds. The molecule has 1 unspecified atom stereocenters. The molecule has 304 valence electrons. The lowest BCUT2D eigenvalue weighted by Crippen LogP contribution is -2.49. The number of para-hydroxylation sites is 1. The number of anilines is 2. The number of aromatic nitrogens is 4. The molecule has 0 aliphatic carbocycles. The molecular weight excluding hydrogens is 751 g/mol. The first kappa shape index (κ1) is 37.8. The molecule has 0 saturated carbocycles. The van der Waals surface area contributed by atoms with Crippen molar-refractivity contribution in [3.05, 3.63) is 75.2 Å². The van der Waals surface area contributed by atoms with Gasteiger partial charge in [-0.15, -0.1) is 0 Å². The standard InChI is InChI=1S/C42H46F2N8O6/c1-47-21-28(26-19-35(51-13-6-14-51)45-20-27(26)39(47)55)25-17-33(57-3)29(34(18-25)58-4)22-49-23-41(42(43,44)24-49)11-15-50(16-12-41)30-7-5-8-31-37(30)48(2)40(56)52(31)32-9-10-36(53)46-38(32)54/h5,7-8,17-21,32H,6,9-16,22-24H2,1-4H3,(H,46,53,54). The highest BCUT2D eigenvalue weighted by Crippen LogP contribution is 2.52. The fourth-order valence-electron chi connectivity index (χ4n) is 9.58. The Kier molecular flexibility index (Phi) is 9.09. The Labute approximate surface area is 332 Å². The minimum atomic E-state index is -2.97. The molecule has 4 fully saturated rings. The van der Waals surface area contributed by atoms with Crippen LogP contribution in [-0.2, 0) is 30.2 Å². The molecule has 3 aromatic heterocycles. The van der Waals surface area contributed by atoms with E-state index in [0.717, 1.165) is 47.5 Å². The fraction of sp³-hybridized carbons (Fsp3) is 0.452. The van der Waals surface area contributed by atoms with Crippen molar-refractivity contribution in [3.8, 4) is 22.6 Å². The van der Waals surface area contributed by atoms with Gasteiger partial charge in [0.15, 0.2) is 0 Å². The van der Waals surface area contributed by atoms with E-state index in [4.69, 9.17) is 9.47 Å². The number of imidazole rings is 1. The number of halogens is 2. The molecule has 1 N–H and O–H groups in total. The summed E-state index contributed by atoms with van der Waals surface area (Å²) in [5.74, 6) is -2.04. The Hall–Kier alpha value is -5.77. The molecule has 2 aromatic carbocycles. The van der Waals surface area contributed by atoms with Crippen molar-refractivity contribution in [1.82, 2.24) is 28.9 Å². The number of likely N-dealkylation sites (tertiary alicyclic amines) is 1. The number of methoxy groups -OCH3 is 2. The lowest BCUT2D eigenvalue weighted by atomic mass is 9.75. The van der Waals surface area contributed by atoms with Crippen LogP contribution in [0.25, 0.3) is 32.9 Å². The van der Waals surface area contributed by atoms with E-state index in [1.807, 2.05) is 30.3 Å². The summed E-state index contributed by atoms with van der Waals surface area (Å²) in [5.41, 5.74) is 2.34. The van der Waals surface area contributed by atoms with Crippen molar-refractivity contribution >= 4 is 45.1 Å². The number of imide groups is 1. The molecule has 16 heteroatoms. The number of benzene rings is 2. The highest BCUT2D eigenvalue weighted by molar-refractivity contribution is 6.01. The largest absolute Gasteiger partial charge is 0.496 e. The summed E-state index contributed by atoms with van der Waals surface area (Å²) < 4.78 is 49.0. The molecule has 4 aliphatic heterocycles. The number of hydrogen-bond donors (Lipinski definition) is 1. The summed E-state index contributed by atoms with van der Waals surface area (Å²) in [6, 6.07) is 10.4. The average molecular weight is 797 g/mol. The van der Waals surface area contributed by atoms with Crippen LogP contribution in [0, 0.1) is 5.41 Å². The minimum Gasteiger partial charge on any atom is -0.496 e. The number of aryl methyl sites for hydroxylation is 2. The second-order valence-corrected chi connectivity index (χ2v) is 16.2. The third-order valence-electron chi connectivity index (χ3n) is 12.9. The molecule has 4 aliphatic rings. The number of nitrogens with one attached hydrogen (secondary N) is 1. The van der Waals surface area contributed by atoms with Gasteiger partial charge in [-0.2, -0.15) is 0 Å². The van der Waals surface area contributed by atoms with Gasteiger partial charge in [-0.25, -0.2) is 18.6 Å². The Morgan fingerprint density at radius 2 is 1.64 bits per heavy atom. The maximum Gasteiger partial charge on any atom is 0.329 e.